The van der Waals surface area contributed by atoms with Crippen LogP contribution in [0.25, 0.3) is 0 Å². The summed E-state index contributed by atoms with van der Waals surface area (Å²) in [7, 11) is 1.62. The van der Waals surface area contributed by atoms with Gasteiger partial charge in [-0.25, -0.2) is 0 Å². The molecule has 0 aliphatic carbocycles. The summed E-state index contributed by atoms with van der Waals surface area (Å²) in [4.78, 5) is 11.0. The molecule has 17 heavy (non-hydrogen) atoms. The standard InChI is InChI=1S/C13H17NO3/c1-17-11-5-3-10(4-6-11)13(9-12(15)16)7-2-8-14-13/h3-6,14H,2,7-9H2,1H3,(H,15,16). The van der Waals surface area contributed by atoms with Crippen molar-refractivity contribution in [2.75, 3.05) is 13.7 Å². The van der Waals surface area contributed by atoms with E-state index in [0.29, 0.717) is 0 Å². The number of benzene rings is 1. The molecule has 0 spiro atoms. The van der Waals surface area contributed by atoms with Crippen molar-refractivity contribution in [1.82, 2.24) is 5.32 Å². The maximum Gasteiger partial charge on any atom is 0.305 e. The Morgan fingerprint density at radius 3 is 2.65 bits per heavy atom. The van der Waals surface area contributed by atoms with Gasteiger partial charge in [-0.3, -0.25) is 4.79 Å². The van der Waals surface area contributed by atoms with Crippen LogP contribution in [-0.2, 0) is 10.3 Å². The van der Waals surface area contributed by atoms with E-state index in [1.54, 1.807) is 7.11 Å². The second-order valence-electron chi connectivity index (χ2n) is 4.41. The molecule has 1 aliphatic rings. The van der Waals surface area contributed by atoms with E-state index in [2.05, 4.69) is 5.32 Å². The van der Waals surface area contributed by atoms with Crippen molar-refractivity contribution in [3.8, 4) is 5.75 Å². The smallest absolute Gasteiger partial charge is 0.305 e. The van der Waals surface area contributed by atoms with E-state index < -0.39 is 11.5 Å². The van der Waals surface area contributed by atoms with Crippen molar-refractivity contribution in [3.05, 3.63) is 29.8 Å². The number of nitrogens with one attached hydrogen (secondary N) is 1. The molecular weight excluding hydrogens is 218 g/mol. The molecule has 0 radical (unpaired) electrons. The van der Waals surface area contributed by atoms with Crippen molar-refractivity contribution in [1.29, 1.82) is 0 Å². The molecule has 0 aromatic heterocycles. The first-order valence-corrected chi connectivity index (χ1v) is 5.78. The number of methoxy groups -OCH3 is 1. The van der Waals surface area contributed by atoms with E-state index in [1.165, 1.54) is 0 Å². The number of rotatable bonds is 4. The van der Waals surface area contributed by atoms with Crippen molar-refractivity contribution >= 4 is 5.97 Å². The second kappa shape index (κ2) is 4.75. The summed E-state index contributed by atoms with van der Waals surface area (Å²) in [5.41, 5.74) is 0.621. The van der Waals surface area contributed by atoms with Gasteiger partial charge in [-0.2, -0.15) is 0 Å². The van der Waals surface area contributed by atoms with E-state index in [1.807, 2.05) is 24.3 Å². The van der Waals surface area contributed by atoms with Crippen molar-refractivity contribution in [3.63, 3.8) is 0 Å². The molecule has 1 aliphatic heterocycles. The zero-order valence-electron chi connectivity index (χ0n) is 9.90. The highest BCUT2D eigenvalue weighted by molar-refractivity contribution is 5.69. The Balaban J connectivity index is 2.28. The highest BCUT2D eigenvalue weighted by atomic mass is 16.5. The molecule has 1 fully saturated rings. The van der Waals surface area contributed by atoms with Crippen LogP contribution < -0.4 is 10.1 Å². The molecule has 0 bridgehead atoms. The van der Waals surface area contributed by atoms with Crippen molar-refractivity contribution in [2.24, 2.45) is 0 Å². The van der Waals surface area contributed by atoms with Crippen LogP contribution >= 0.6 is 0 Å². The lowest BCUT2D eigenvalue weighted by Crippen LogP contribution is -2.38. The molecule has 4 nitrogen and oxygen atoms in total. The first-order chi connectivity index (χ1) is 8.16. The number of carbonyl (C=O) groups is 1. The first kappa shape index (κ1) is 11.9. The van der Waals surface area contributed by atoms with Gasteiger partial charge >= 0.3 is 5.97 Å². The minimum absolute atomic E-state index is 0.124. The van der Waals surface area contributed by atoms with E-state index in [0.717, 1.165) is 30.7 Å². The number of hydrogen-bond donors (Lipinski definition) is 2. The Labute approximate surface area is 101 Å². The molecule has 92 valence electrons. The molecule has 1 heterocycles. The summed E-state index contributed by atoms with van der Waals surface area (Å²) in [6.45, 7) is 0.874. The van der Waals surface area contributed by atoms with Crippen LogP contribution in [0, 0.1) is 0 Å². The Morgan fingerprint density at radius 2 is 2.18 bits per heavy atom. The van der Waals surface area contributed by atoms with Gasteiger partial charge in [-0.15, -0.1) is 0 Å². The third kappa shape index (κ3) is 2.42. The largest absolute Gasteiger partial charge is 0.497 e. The van der Waals surface area contributed by atoms with Gasteiger partial charge < -0.3 is 15.2 Å². The third-order valence-corrected chi connectivity index (χ3v) is 3.34. The molecule has 1 unspecified atom stereocenters. The van der Waals surface area contributed by atoms with Crippen LogP contribution in [0.5, 0.6) is 5.75 Å². The van der Waals surface area contributed by atoms with Gasteiger partial charge in [0.25, 0.3) is 0 Å². The van der Waals surface area contributed by atoms with Crippen LogP contribution in [-0.4, -0.2) is 24.7 Å². The molecule has 1 aromatic rings. The number of carboxylic acid groups (broad SMARTS) is 1. The van der Waals surface area contributed by atoms with Crippen molar-refractivity contribution < 1.29 is 14.6 Å². The minimum atomic E-state index is -0.768. The molecule has 2 N–H and O–H groups in total. The number of carboxylic acids is 1. The predicted octanol–water partition coefficient (Wildman–Crippen LogP) is 1.75. The fourth-order valence-corrected chi connectivity index (χ4v) is 2.47. The summed E-state index contributed by atoms with van der Waals surface area (Å²) >= 11 is 0. The lowest BCUT2D eigenvalue weighted by molar-refractivity contribution is -0.138. The zero-order chi connectivity index (χ0) is 12.3. The van der Waals surface area contributed by atoms with E-state index in [4.69, 9.17) is 9.84 Å². The van der Waals surface area contributed by atoms with Crippen LogP contribution in [0.4, 0.5) is 0 Å². The second-order valence-corrected chi connectivity index (χ2v) is 4.41. The van der Waals surface area contributed by atoms with Gasteiger partial charge in [-0.05, 0) is 37.1 Å². The number of ether oxygens (including phenoxy) is 1. The topological polar surface area (TPSA) is 58.6 Å². The van der Waals surface area contributed by atoms with E-state index >= 15 is 0 Å². The maximum absolute atomic E-state index is 11.0. The van der Waals surface area contributed by atoms with Crippen LogP contribution in [0.15, 0.2) is 24.3 Å². The molecule has 2 rings (SSSR count). The number of hydrogen-bond acceptors (Lipinski definition) is 3. The van der Waals surface area contributed by atoms with E-state index in [-0.39, 0.29) is 6.42 Å². The van der Waals surface area contributed by atoms with Gasteiger partial charge in [0.15, 0.2) is 0 Å². The summed E-state index contributed by atoms with van der Waals surface area (Å²) in [6.07, 6.45) is 2.00. The number of aliphatic carboxylic acids is 1. The minimum Gasteiger partial charge on any atom is -0.497 e. The first-order valence-electron chi connectivity index (χ1n) is 5.78. The summed E-state index contributed by atoms with van der Waals surface area (Å²) in [5.74, 6) is 0.0208. The van der Waals surface area contributed by atoms with Crippen LogP contribution in [0.3, 0.4) is 0 Å². The molecule has 0 amide bonds. The Morgan fingerprint density at radius 1 is 1.47 bits per heavy atom. The molecular formula is C13H17NO3. The Kier molecular flexibility index (Phi) is 3.33. The van der Waals surface area contributed by atoms with Gasteiger partial charge in [0.1, 0.15) is 5.75 Å². The lowest BCUT2D eigenvalue weighted by atomic mass is 9.85. The van der Waals surface area contributed by atoms with Crippen LogP contribution in [0.1, 0.15) is 24.8 Å². The Bertz CT molecular complexity index is 394. The maximum atomic E-state index is 11.0. The molecule has 4 heteroatoms. The lowest BCUT2D eigenvalue weighted by Gasteiger charge is -2.28. The summed E-state index contributed by atoms with van der Waals surface area (Å²) in [5, 5.41) is 12.4. The SMILES string of the molecule is COc1ccc(C2(CC(=O)O)CCCN2)cc1. The summed E-state index contributed by atoms with van der Waals surface area (Å²) in [6, 6.07) is 7.64. The molecule has 0 saturated carbocycles. The predicted molar refractivity (Wildman–Crippen MR) is 64.2 cm³/mol. The zero-order valence-corrected chi connectivity index (χ0v) is 9.90. The average molecular weight is 235 g/mol. The average Bonchev–Trinajstić information content (AvgIpc) is 2.78. The van der Waals surface area contributed by atoms with E-state index in [9.17, 15) is 4.79 Å². The molecule has 1 saturated heterocycles. The van der Waals surface area contributed by atoms with Gasteiger partial charge in [0, 0.05) is 0 Å². The Hall–Kier alpha value is -1.55. The monoisotopic (exact) mass is 235 g/mol. The quantitative estimate of drug-likeness (QED) is 0.834. The van der Waals surface area contributed by atoms with Gasteiger partial charge in [0.05, 0.1) is 19.1 Å². The van der Waals surface area contributed by atoms with Gasteiger partial charge in [-0.1, -0.05) is 12.1 Å². The molecule has 1 aromatic carbocycles. The van der Waals surface area contributed by atoms with Crippen LogP contribution in [0.2, 0.25) is 0 Å². The highest BCUT2D eigenvalue weighted by Crippen LogP contribution is 2.34. The normalized spacial score (nSPS) is 23.6. The highest BCUT2D eigenvalue weighted by Gasteiger charge is 2.37. The van der Waals surface area contributed by atoms with Gasteiger partial charge in [0.2, 0.25) is 0 Å². The molecule has 1 atom stereocenters. The van der Waals surface area contributed by atoms with Crippen molar-refractivity contribution in [2.45, 2.75) is 24.8 Å². The fourth-order valence-electron chi connectivity index (χ4n) is 2.47. The summed E-state index contributed by atoms with van der Waals surface area (Å²) < 4.78 is 5.11. The fraction of sp³-hybridized carbons (Fsp3) is 0.462. The third-order valence-electron chi connectivity index (χ3n) is 3.34.